The van der Waals surface area contributed by atoms with Crippen molar-refractivity contribution >= 4 is 35.6 Å². The van der Waals surface area contributed by atoms with Crippen LogP contribution in [0.5, 0.6) is 0 Å². The van der Waals surface area contributed by atoms with Crippen molar-refractivity contribution in [3.05, 3.63) is 47.0 Å². The molecule has 0 spiro atoms. The molecule has 14 nitrogen and oxygen atoms in total. The number of aliphatic hydroxyl groups excluding tert-OH is 1. The molecule has 1 aromatic carbocycles. The van der Waals surface area contributed by atoms with Gasteiger partial charge in [0.2, 0.25) is 0 Å². The second kappa shape index (κ2) is 13.3. The first-order chi connectivity index (χ1) is 22.7. The van der Waals surface area contributed by atoms with Crippen LogP contribution < -0.4 is 0 Å². The number of carbonyl (C=O) groups excluding carboxylic acids is 6. The van der Waals surface area contributed by atoms with Gasteiger partial charge < -0.3 is 39.0 Å². The van der Waals surface area contributed by atoms with Crippen LogP contribution in [0.15, 0.2) is 41.5 Å². The van der Waals surface area contributed by atoms with Gasteiger partial charge in [0.1, 0.15) is 35.6 Å². The summed E-state index contributed by atoms with van der Waals surface area (Å²) in [6.07, 6.45) is -9.25. The molecule has 9 atom stereocenters. The molecule has 3 aliphatic carbocycles. The van der Waals surface area contributed by atoms with Gasteiger partial charge in [0.25, 0.3) is 0 Å². The molecule has 0 heterocycles. The van der Waals surface area contributed by atoms with Gasteiger partial charge in [-0.1, -0.05) is 32.0 Å². The third kappa shape index (κ3) is 6.25. The summed E-state index contributed by atoms with van der Waals surface area (Å²) in [6, 6.07) is 7.64. The van der Waals surface area contributed by atoms with Crippen molar-refractivity contribution in [2.24, 2.45) is 16.7 Å². The second-order valence-corrected chi connectivity index (χ2v) is 13.8. The van der Waals surface area contributed by atoms with E-state index < -0.39 is 114 Å². The number of fused-ring (bicyclic) bond motifs is 3. The molecule has 0 aromatic heterocycles. The van der Waals surface area contributed by atoms with E-state index in [1.165, 1.54) is 32.9 Å². The Morgan fingerprint density at radius 1 is 0.796 bits per heavy atom. The highest BCUT2D eigenvalue weighted by Crippen LogP contribution is 2.62. The number of hydrogen-bond acceptors (Lipinski definition) is 14. The highest BCUT2D eigenvalue weighted by atomic mass is 16.6. The summed E-state index contributed by atoms with van der Waals surface area (Å²) in [4.78, 5) is 79.2. The number of carbonyl (C=O) groups is 6. The van der Waals surface area contributed by atoms with Gasteiger partial charge >= 0.3 is 29.8 Å². The maximum atomic E-state index is 15.2. The Bertz CT molecular complexity index is 1560. The standard InChI is InChI=1S/C35H44O14/c1-17-23(45-18(2)37)15-35(44)30(49-31(42)22-12-10-9-11-13-22)28-33(8,29(41)27(48-21(5)40)26(17)32(35,6)7)24(46-19(3)38)14-25(47-20(4)39)34(28,43)16-36/h9-13,23-25,27-28,30,36,43-44H,14-16H2,1-8H3/t23-,24-,25-,27+,28-,30-,33+,34-,35+/m0/s1. The van der Waals surface area contributed by atoms with Crippen LogP contribution in [0.3, 0.4) is 0 Å². The largest absolute Gasteiger partial charge is 0.461 e. The number of aliphatic hydroxyl groups is 3. The number of ketones is 1. The van der Waals surface area contributed by atoms with Crippen LogP contribution in [0.1, 0.15) is 78.6 Å². The second-order valence-electron chi connectivity index (χ2n) is 13.8. The SMILES string of the molecule is CC(=O)O[C@H]1C(=O)[C@]2(C)[C@@H](OC(C)=O)C[C@H](OC(C)=O)[C@@](O)(CO)[C@H]2[C@H](OC(=O)c2ccccc2)[C@]2(O)C[C@H](OC(C)=O)C(C)=C1C2(C)C. The van der Waals surface area contributed by atoms with Gasteiger partial charge in [-0.05, 0) is 37.1 Å². The highest BCUT2D eigenvalue weighted by molar-refractivity contribution is 5.95. The molecule has 14 heteroatoms. The van der Waals surface area contributed by atoms with E-state index in [9.17, 15) is 39.3 Å². The van der Waals surface area contributed by atoms with Crippen molar-refractivity contribution in [1.82, 2.24) is 0 Å². The first kappa shape index (κ1) is 37.7. The molecule has 1 aromatic rings. The van der Waals surface area contributed by atoms with Crippen LogP contribution >= 0.6 is 0 Å². The molecule has 0 amide bonds. The molecule has 0 radical (unpaired) electrons. The minimum atomic E-state index is -2.66. The van der Waals surface area contributed by atoms with Crippen molar-refractivity contribution < 1.29 is 67.8 Å². The lowest BCUT2D eigenvalue weighted by molar-refractivity contribution is -0.289. The average molecular weight is 689 g/mol. The van der Waals surface area contributed by atoms with Gasteiger partial charge in [0, 0.05) is 51.9 Å². The third-order valence-corrected chi connectivity index (χ3v) is 10.5. The van der Waals surface area contributed by atoms with Gasteiger partial charge in [-0.15, -0.1) is 0 Å². The van der Waals surface area contributed by atoms with Gasteiger partial charge in [-0.25, -0.2) is 4.79 Å². The summed E-state index contributed by atoms with van der Waals surface area (Å²) in [5, 5.41) is 36.7. The van der Waals surface area contributed by atoms with E-state index in [-0.39, 0.29) is 16.7 Å². The monoisotopic (exact) mass is 688 g/mol. The molecule has 4 rings (SSSR count). The summed E-state index contributed by atoms with van der Waals surface area (Å²) in [6.45, 7) is 8.96. The third-order valence-electron chi connectivity index (χ3n) is 10.5. The molecule has 3 N–H and O–H groups in total. The number of ether oxygens (including phenoxy) is 5. The lowest BCUT2D eigenvalue weighted by atomic mass is 9.45. The van der Waals surface area contributed by atoms with Crippen molar-refractivity contribution in [2.75, 3.05) is 6.61 Å². The Morgan fingerprint density at radius 3 is 1.84 bits per heavy atom. The topological polar surface area (TPSA) is 209 Å². The Balaban J connectivity index is 2.19. The van der Waals surface area contributed by atoms with Crippen LogP contribution in [-0.2, 0) is 47.7 Å². The maximum Gasteiger partial charge on any atom is 0.338 e. The fourth-order valence-electron chi connectivity index (χ4n) is 8.19. The van der Waals surface area contributed by atoms with Crippen LogP contribution in [0.4, 0.5) is 0 Å². The van der Waals surface area contributed by atoms with Gasteiger partial charge in [-0.3, -0.25) is 24.0 Å². The fourth-order valence-corrected chi connectivity index (χ4v) is 8.19. The molecule has 2 bridgehead atoms. The van der Waals surface area contributed by atoms with Crippen LogP contribution in [-0.4, -0.2) is 99.3 Å². The molecule has 0 saturated heterocycles. The van der Waals surface area contributed by atoms with E-state index in [2.05, 4.69) is 0 Å². The van der Waals surface area contributed by atoms with Crippen LogP contribution in [0.2, 0.25) is 0 Å². The van der Waals surface area contributed by atoms with Gasteiger partial charge in [0.15, 0.2) is 11.9 Å². The zero-order chi connectivity index (χ0) is 36.9. The van der Waals surface area contributed by atoms with Gasteiger partial charge in [-0.2, -0.15) is 0 Å². The van der Waals surface area contributed by atoms with E-state index in [1.54, 1.807) is 25.1 Å². The van der Waals surface area contributed by atoms with Crippen molar-refractivity contribution in [2.45, 2.75) is 110 Å². The summed E-state index contributed by atoms with van der Waals surface area (Å²) in [7, 11) is 0. The molecule has 2 fully saturated rings. The summed E-state index contributed by atoms with van der Waals surface area (Å²) in [5.74, 6) is -7.30. The molecule has 0 unspecified atom stereocenters. The summed E-state index contributed by atoms with van der Waals surface area (Å²) in [5.41, 5.74) is -8.60. The summed E-state index contributed by atoms with van der Waals surface area (Å²) >= 11 is 0. The van der Waals surface area contributed by atoms with Crippen molar-refractivity contribution in [1.29, 1.82) is 0 Å². The number of hydrogen-bond donors (Lipinski definition) is 3. The van der Waals surface area contributed by atoms with E-state index in [4.69, 9.17) is 23.7 Å². The average Bonchev–Trinajstić information content (AvgIpc) is 3.00. The molecular formula is C35H44O14. The Labute approximate surface area is 283 Å². The minimum Gasteiger partial charge on any atom is -0.461 e. The van der Waals surface area contributed by atoms with E-state index >= 15 is 4.79 Å². The Morgan fingerprint density at radius 2 is 1.33 bits per heavy atom. The maximum absolute atomic E-state index is 15.2. The molecule has 3 aliphatic rings. The van der Waals surface area contributed by atoms with Crippen LogP contribution in [0.25, 0.3) is 0 Å². The molecular weight excluding hydrogens is 644 g/mol. The smallest absolute Gasteiger partial charge is 0.338 e. The van der Waals surface area contributed by atoms with Crippen molar-refractivity contribution in [3.8, 4) is 0 Å². The number of rotatable bonds is 7. The first-order valence-corrected chi connectivity index (χ1v) is 15.9. The van der Waals surface area contributed by atoms with E-state index in [1.807, 2.05) is 0 Å². The minimum absolute atomic E-state index is 0.0208. The lowest BCUT2D eigenvalue weighted by Crippen LogP contribution is -2.78. The Hall–Kier alpha value is -4.14. The van der Waals surface area contributed by atoms with Crippen LogP contribution in [0, 0.1) is 16.7 Å². The normalized spacial score (nSPS) is 35.1. The number of esters is 5. The predicted molar refractivity (Wildman–Crippen MR) is 167 cm³/mol. The molecule has 0 aliphatic heterocycles. The highest BCUT2D eigenvalue weighted by Gasteiger charge is 2.76. The summed E-state index contributed by atoms with van der Waals surface area (Å²) < 4.78 is 28.6. The fraction of sp³-hybridized carbons (Fsp3) is 0.600. The molecule has 268 valence electrons. The van der Waals surface area contributed by atoms with E-state index in [0.717, 1.165) is 27.7 Å². The first-order valence-electron chi connectivity index (χ1n) is 15.9. The predicted octanol–water partition coefficient (Wildman–Crippen LogP) is 1.75. The Kier molecular flexibility index (Phi) is 10.2. The zero-order valence-corrected chi connectivity index (χ0v) is 28.8. The lowest BCUT2D eigenvalue weighted by Gasteiger charge is -2.64. The van der Waals surface area contributed by atoms with Crippen molar-refractivity contribution in [3.63, 3.8) is 0 Å². The van der Waals surface area contributed by atoms with E-state index in [0.29, 0.717) is 0 Å². The quantitative estimate of drug-likeness (QED) is 0.212. The number of benzene rings is 1. The van der Waals surface area contributed by atoms with Gasteiger partial charge in [0.05, 0.1) is 17.6 Å². The molecule has 2 saturated carbocycles. The molecule has 49 heavy (non-hydrogen) atoms. The zero-order valence-electron chi connectivity index (χ0n) is 28.8. The number of Topliss-reactive ketones (excluding diaryl/α,β-unsaturated/α-hetero) is 1.